The zero-order valence-electron chi connectivity index (χ0n) is 27.9. The Hall–Kier alpha value is -7.04. The van der Waals surface area contributed by atoms with Crippen molar-refractivity contribution in [3.8, 4) is 22.3 Å². The van der Waals surface area contributed by atoms with Crippen LogP contribution in [0.15, 0.2) is 189 Å². The molecule has 0 amide bonds. The van der Waals surface area contributed by atoms with Gasteiger partial charge in [0, 0.05) is 43.7 Å². The summed E-state index contributed by atoms with van der Waals surface area (Å²) in [7, 11) is 0. The first kappa shape index (κ1) is 28.8. The van der Waals surface area contributed by atoms with Gasteiger partial charge in [0.15, 0.2) is 5.58 Å². The monoisotopic (exact) mass is 667 g/mol. The first-order chi connectivity index (χ1) is 25.8. The summed E-state index contributed by atoms with van der Waals surface area (Å²) in [5.74, 6) is 0. The molecule has 0 aliphatic carbocycles. The van der Waals surface area contributed by atoms with Crippen molar-refractivity contribution in [3.63, 3.8) is 0 Å². The van der Waals surface area contributed by atoms with Crippen LogP contribution >= 0.6 is 0 Å². The average Bonchev–Trinajstić information content (AvgIpc) is 3.90. The van der Waals surface area contributed by atoms with Gasteiger partial charge in [-0.3, -0.25) is 0 Å². The van der Waals surface area contributed by atoms with Gasteiger partial charge in [0.25, 0.3) is 0 Å². The lowest BCUT2D eigenvalue weighted by Gasteiger charge is -2.26. The number of fused-ring (bicyclic) bond motifs is 9. The van der Waals surface area contributed by atoms with Gasteiger partial charge in [0.2, 0.25) is 0 Å². The lowest BCUT2D eigenvalue weighted by molar-refractivity contribution is 0.668. The Morgan fingerprint density at radius 1 is 0.327 bits per heavy atom. The van der Waals surface area contributed by atoms with Crippen molar-refractivity contribution >= 4 is 82.9 Å². The normalized spacial score (nSPS) is 11.8. The summed E-state index contributed by atoms with van der Waals surface area (Å²) in [5.41, 5.74) is 12.3. The highest BCUT2D eigenvalue weighted by molar-refractivity contribution is 6.19. The fourth-order valence-corrected chi connectivity index (χ4v) is 7.95. The molecule has 8 aromatic carbocycles. The Kier molecular flexibility index (Phi) is 6.22. The molecule has 0 N–H and O–H groups in total. The topological polar surface area (TPSA) is 42.7 Å². The number of para-hydroxylation sites is 4. The van der Waals surface area contributed by atoms with Crippen LogP contribution in [0.3, 0.4) is 0 Å². The Morgan fingerprint density at radius 3 is 1.65 bits per heavy atom. The van der Waals surface area contributed by atoms with E-state index in [0.717, 1.165) is 105 Å². The summed E-state index contributed by atoms with van der Waals surface area (Å²) in [4.78, 5) is 2.32. The van der Waals surface area contributed by atoms with Gasteiger partial charge in [-0.1, -0.05) is 133 Å². The Bertz CT molecular complexity index is 3130. The van der Waals surface area contributed by atoms with E-state index in [-0.39, 0.29) is 0 Å². The zero-order valence-corrected chi connectivity index (χ0v) is 27.9. The van der Waals surface area contributed by atoms with Crippen LogP contribution in [-0.4, -0.2) is 0 Å². The lowest BCUT2D eigenvalue weighted by atomic mass is 10.0. The first-order valence-corrected chi connectivity index (χ1v) is 17.5. The molecule has 0 radical (unpaired) electrons. The summed E-state index contributed by atoms with van der Waals surface area (Å²) in [6, 6.07) is 61.1. The largest absolute Gasteiger partial charge is 0.456 e. The molecule has 4 nitrogen and oxygen atoms in total. The summed E-state index contributed by atoms with van der Waals surface area (Å²) < 4.78 is 20.0. The molecule has 0 saturated heterocycles. The third kappa shape index (κ3) is 4.28. The molecular weight excluding hydrogens is 639 g/mol. The van der Waals surface area contributed by atoms with E-state index in [1.165, 1.54) is 0 Å². The second-order valence-electron chi connectivity index (χ2n) is 13.2. The summed E-state index contributed by atoms with van der Waals surface area (Å²) in [6.45, 7) is 0. The van der Waals surface area contributed by atoms with Crippen LogP contribution in [0.25, 0.3) is 88.1 Å². The minimum Gasteiger partial charge on any atom is -0.456 e. The van der Waals surface area contributed by atoms with Crippen molar-refractivity contribution in [2.45, 2.75) is 0 Å². The van der Waals surface area contributed by atoms with Crippen LogP contribution < -0.4 is 4.90 Å². The van der Waals surface area contributed by atoms with E-state index in [2.05, 4.69) is 157 Å². The highest BCUT2D eigenvalue weighted by Crippen LogP contribution is 2.49. The quantitative estimate of drug-likeness (QED) is 0.183. The molecule has 0 saturated carbocycles. The number of nitrogens with zero attached hydrogens (tertiary/aromatic N) is 1. The number of furan rings is 3. The summed E-state index contributed by atoms with van der Waals surface area (Å²) in [6.07, 6.45) is 0. The van der Waals surface area contributed by atoms with Crippen LogP contribution in [0, 0.1) is 0 Å². The van der Waals surface area contributed by atoms with E-state index in [9.17, 15) is 0 Å². The molecule has 0 aliphatic rings. The first-order valence-electron chi connectivity index (χ1n) is 17.5. The maximum atomic E-state index is 7.01. The fourth-order valence-electron chi connectivity index (χ4n) is 7.95. The molecule has 244 valence electrons. The van der Waals surface area contributed by atoms with Gasteiger partial charge in [-0.2, -0.15) is 0 Å². The highest BCUT2D eigenvalue weighted by Gasteiger charge is 2.25. The number of hydrogen-bond donors (Lipinski definition) is 0. The molecule has 0 bridgehead atoms. The highest BCUT2D eigenvalue weighted by atomic mass is 16.3. The predicted octanol–water partition coefficient (Wildman–Crippen LogP) is 14.2. The molecule has 0 fully saturated rings. The number of hydrogen-bond acceptors (Lipinski definition) is 4. The van der Waals surface area contributed by atoms with Crippen LogP contribution in [0.2, 0.25) is 0 Å². The van der Waals surface area contributed by atoms with Crippen molar-refractivity contribution in [2.24, 2.45) is 0 Å². The third-order valence-corrected chi connectivity index (χ3v) is 10.3. The van der Waals surface area contributed by atoms with Crippen molar-refractivity contribution in [1.82, 2.24) is 0 Å². The van der Waals surface area contributed by atoms with Crippen molar-refractivity contribution in [3.05, 3.63) is 176 Å². The smallest absolute Gasteiger partial charge is 0.159 e. The van der Waals surface area contributed by atoms with Crippen LogP contribution in [0.4, 0.5) is 17.1 Å². The van der Waals surface area contributed by atoms with E-state index < -0.39 is 0 Å². The van der Waals surface area contributed by atoms with Crippen LogP contribution in [-0.2, 0) is 0 Å². The molecule has 4 heteroatoms. The van der Waals surface area contributed by atoms with Crippen molar-refractivity contribution < 1.29 is 13.3 Å². The second kappa shape index (κ2) is 11.2. The Morgan fingerprint density at radius 2 is 0.885 bits per heavy atom. The molecule has 0 unspecified atom stereocenters. The third-order valence-electron chi connectivity index (χ3n) is 10.3. The number of anilines is 3. The predicted molar refractivity (Wildman–Crippen MR) is 214 cm³/mol. The Balaban J connectivity index is 1.23. The second-order valence-corrected chi connectivity index (χ2v) is 13.2. The molecule has 0 spiro atoms. The maximum Gasteiger partial charge on any atom is 0.159 e. The Labute approximate surface area is 298 Å². The van der Waals surface area contributed by atoms with E-state index in [0.29, 0.717) is 0 Å². The SMILES string of the molecule is c1ccc(-c2cccc3c2oc2c(N(c4ccc5oc6ccccc6c5c4)c4cccc5oc6c(-c7ccccc7)cccc6c45)cccc23)cc1. The standard InChI is InChI=1S/C48H29NO3/c1-3-13-30(14-4-1)33-18-9-20-36-37-21-11-24-41(48(37)52-46(33)36)49(32-27-28-43-39(29-32)35-17-7-8-25-42(35)50-43)40-23-12-26-44-45(40)38-22-10-19-34(47(38)51-44)31-15-5-2-6-16-31/h1-29H. The minimum absolute atomic E-state index is 0.813. The van der Waals surface area contributed by atoms with Gasteiger partial charge in [0.05, 0.1) is 16.8 Å². The minimum atomic E-state index is 0.813. The zero-order chi connectivity index (χ0) is 34.2. The van der Waals surface area contributed by atoms with E-state index in [1.54, 1.807) is 0 Å². The molecular formula is C48H29NO3. The molecule has 0 atom stereocenters. The van der Waals surface area contributed by atoms with Crippen LogP contribution in [0.5, 0.6) is 0 Å². The molecule has 11 aromatic rings. The molecule has 3 aromatic heterocycles. The fraction of sp³-hybridized carbons (Fsp3) is 0. The average molecular weight is 668 g/mol. The van der Waals surface area contributed by atoms with Crippen molar-refractivity contribution in [2.75, 3.05) is 4.90 Å². The van der Waals surface area contributed by atoms with Crippen molar-refractivity contribution in [1.29, 1.82) is 0 Å². The molecule has 0 aliphatic heterocycles. The van der Waals surface area contributed by atoms with Gasteiger partial charge in [-0.25, -0.2) is 0 Å². The van der Waals surface area contributed by atoms with E-state index in [4.69, 9.17) is 13.3 Å². The van der Waals surface area contributed by atoms with E-state index in [1.807, 2.05) is 24.3 Å². The van der Waals surface area contributed by atoms with Crippen LogP contribution in [0.1, 0.15) is 0 Å². The molecule has 3 heterocycles. The molecule has 11 rings (SSSR count). The van der Waals surface area contributed by atoms with Gasteiger partial charge in [0.1, 0.15) is 27.9 Å². The molecule has 52 heavy (non-hydrogen) atoms. The van der Waals surface area contributed by atoms with Gasteiger partial charge in [-0.15, -0.1) is 0 Å². The van der Waals surface area contributed by atoms with E-state index >= 15 is 0 Å². The van der Waals surface area contributed by atoms with Gasteiger partial charge in [-0.05, 0) is 53.6 Å². The lowest BCUT2D eigenvalue weighted by Crippen LogP contribution is -2.10. The summed E-state index contributed by atoms with van der Waals surface area (Å²) >= 11 is 0. The number of benzene rings is 8. The van der Waals surface area contributed by atoms with Gasteiger partial charge >= 0.3 is 0 Å². The number of rotatable bonds is 5. The van der Waals surface area contributed by atoms with Gasteiger partial charge < -0.3 is 18.2 Å². The summed E-state index contributed by atoms with van der Waals surface area (Å²) in [5, 5.41) is 6.35. The maximum absolute atomic E-state index is 7.01.